The second kappa shape index (κ2) is 55.4. The summed E-state index contributed by atoms with van der Waals surface area (Å²) < 4.78 is 0. The first kappa shape index (κ1) is 116. The molecule has 0 spiro atoms. The van der Waals surface area contributed by atoms with Gasteiger partial charge in [0.05, 0.1) is 41.6 Å². The molecule has 1 aromatic heterocycles. The summed E-state index contributed by atoms with van der Waals surface area (Å²) >= 11 is 0. The standard InChI is InChI=1S/C98H144N18O23/c1-53(2)45-66-51-102-70(39-41-76(99)120)82(126)81(125)57(7)105-88(132)75(49-65-50-101-69-34-28-27-33-68(65)69)111-89(133)73(48-64-35-37-67(119)38-36-64)110-87(131)71(40-42-77(121)122)113-95(139)98(16,116-91(135)74(47-63-31-25-24-26-32-63)112-92(136)78(61(11)117)114-90(134)72(46-54(3)4)109-62(12)118)44-30-23-21-19-17-18-20-22-29-43-97(15,115-86(66)130)94(138)108-60(10)85(129)107-59(9)84(128)106-58(8)83(127)104-56(6)80(124)79(123)55(5)103-52-96(13,14)93(100)137/h18,20,24-28,31-38,50,53-61,66,70-75,78,101-103,117,119H,17,19,21-23,29-30,39-49,51-52H2,1-16H3,(H2,99,120)(H2,100,137)(H,104,127)(H,105,132)(H,106,128)(H,107,129)(H,108,138)(H,109,118)(H,110,131)(H,111,133)(H,112,136)(H,113,139)(H,114,134)(H,115,130)(H,116,135)(H,121,122)/b20-18+/t55-,56-,57?,58?,59-,60?,61+,66+,70-,71-,72-,73?,74-,75-,78-,97-,98+/m0/s1. The van der Waals surface area contributed by atoms with E-state index in [2.05, 4.69) is 84.7 Å². The number of aliphatic hydroxyl groups is 1. The molecular weight excluding hydrogens is 1800 g/mol. The van der Waals surface area contributed by atoms with Gasteiger partial charge in [-0.05, 0) is 187 Å². The van der Waals surface area contributed by atoms with Crippen LogP contribution in [0.1, 0.15) is 224 Å². The number of carboxylic acids is 1. The number of amides is 15. The van der Waals surface area contributed by atoms with E-state index < -0.39 is 257 Å². The fraction of sp³-hybridized carbons (Fsp3) is 0.571. The Kier molecular flexibility index (Phi) is 46.4. The van der Waals surface area contributed by atoms with E-state index in [0.29, 0.717) is 59.7 Å². The number of allylic oxidation sites excluding steroid dienone is 2. The first-order valence-corrected chi connectivity index (χ1v) is 47.2. The van der Waals surface area contributed by atoms with Crippen LogP contribution in [0.25, 0.3) is 10.9 Å². The number of ketones is 4. The van der Waals surface area contributed by atoms with Gasteiger partial charge in [-0.25, -0.2) is 0 Å². The zero-order chi connectivity index (χ0) is 104. The van der Waals surface area contributed by atoms with Gasteiger partial charge in [0.1, 0.15) is 71.2 Å². The highest BCUT2D eigenvalue weighted by atomic mass is 16.4. The van der Waals surface area contributed by atoms with Crippen LogP contribution < -0.4 is 91.2 Å². The molecule has 4 aromatic rings. The molecule has 0 radical (unpaired) electrons. The number of fused-ring (bicyclic) bond motifs is 1. The number of hydrogen-bond acceptors (Lipinski definition) is 24. The van der Waals surface area contributed by atoms with Crippen LogP contribution in [0.5, 0.6) is 5.75 Å². The number of aliphatic carboxylic acids is 1. The number of carbonyl (C=O) groups is 20. The summed E-state index contributed by atoms with van der Waals surface area (Å²) in [7, 11) is 0. The molecule has 3 aromatic carbocycles. The van der Waals surface area contributed by atoms with Crippen molar-refractivity contribution in [2.24, 2.45) is 34.6 Å². The average Bonchev–Trinajstić information content (AvgIpc) is 1.80. The van der Waals surface area contributed by atoms with E-state index in [1.165, 1.54) is 93.5 Å². The summed E-state index contributed by atoms with van der Waals surface area (Å²) in [5.74, 6) is -21.0. The second-order valence-electron chi connectivity index (χ2n) is 38.1. The minimum Gasteiger partial charge on any atom is -0.508 e. The number of rotatable bonds is 39. The summed E-state index contributed by atoms with van der Waals surface area (Å²) in [5.41, 5.74) is 7.91. The maximum absolute atomic E-state index is 15.6. The number of aromatic amines is 1. The minimum atomic E-state index is -2.08. The summed E-state index contributed by atoms with van der Waals surface area (Å²) in [4.78, 5) is 284. The molecule has 5 rings (SSSR count). The number of para-hydroxylation sites is 1. The summed E-state index contributed by atoms with van der Waals surface area (Å²) in [6.45, 7) is 22.8. The van der Waals surface area contributed by atoms with E-state index in [1.54, 1.807) is 102 Å². The van der Waals surface area contributed by atoms with Gasteiger partial charge in [0, 0.05) is 69.2 Å². The second-order valence-corrected chi connectivity index (χ2v) is 38.1. The van der Waals surface area contributed by atoms with Crippen molar-refractivity contribution < 1.29 is 111 Å². The Bertz CT molecular complexity index is 5020. The minimum absolute atomic E-state index is 0.0390. The number of aromatic hydroxyl groups is 1. The van der Waals surface area contributed by atoms with Crippen LogP contribution >= 0.6 is 0 Å². The van der Waals surface area contributed by atoms with Gasteiger partial charge >= 0.3 is 5.97 Å². The van der Waals surface area contributed by atoms with Gasteiger partial charge in [0.2, 0.25) is 112 Å². The van der Waals surface area contributed by atoms with Gasteiger partial charge < -0.3 is 112 Å². The van der Waals surface area contributed by atoms with Crippen LogP contribution in [0, 0.1) is 23.2 Å². The number of aromatic nitrogens is 1. The fourth-order valence-corrected chi connectivity index (χ4v) is 15.4. The number of phenols is 1. The molecule has 2 heterocycles. The van der Waals surface area contributed by atoms with Gasteiger partial charge in [-0.3, -0.25) is 95.9 Å². The van der Waals surface area contributed by atoms with Crippen LogP contribution in [-0.4, -0.2) is 247 Å². The molecule has 0 bridgehead atoms. The van der Waals surface area contributed by atoms with Crippen molar-refractivity contribution in [2.45, 2.75) is 322 Å². The number of aliphatic hydroxyl groups excluding tert-OH is 1. The third-order valence-corrected chi connectivity index (χ3v) is 24.1. The number of nitrogens with one attached hydrogen (secondary N) is 16. The number of primary amides is 2. The smallest absolute Gasteiger partial charge is 0.303 e. The van der Waals surface area contributed by atoms with Gasteiger partial charge in [0.25, 0.3) is 0 Å². The Hall–Kier alpha value is -13.2. The van der Waals surface area contributed by atoms with E-state index in [4.69, 9.17) is 11.5 Å². The fourth-order valence-electron chi connectivity index (χ4n) is 15.4. The first-order valence-electron chi connectivity index (χ1n) is 47.2. The van der Waals surface area contributed by atoms with Crippen LogP contribution in [0.4, 0.5) is 0 Å². The predicted molar refractivity (Wildman–Crippen MR) is 515 cm³/mol. The molecule has 15 amide bonds. The van der Waals surface area contributed by atoms with Crippen LogP contribution in [0.2, 0.25) is 0 Å². The molecule has 0 saturated carbocycles. The molecule has 0 saturated heterocycles. The number of hydrogen-bond donors (Lipinski definition) is 21. The average molecular weight is 1940 g/mol. The van der Waals surface area contributed by atoms with Crippen molar-refractivity contribution in [3.05, 3.63) is 114 Å². The van der Waals surface area contributed by atoms with Crippen molar-refractivity contribution >= 4 is 129 Å². The van der Waals surface area contributed by atoms with E-state index in [9.17, 15) is 82.4 Å². The van der Waals surface area contributed by atoms with Crippen molar-refractivity contribution in [3.63, 3.8) is 0 Å². The van der Waals surface area contributed by atoms with Crippen molar-refractivity contribution in [1.82, 2.24) is 84.7 Å². The molecule has 4 unspecified atom stereocenters. The van der Waals surface area contributed by atoms with Crippen LogP contribution in [0.15, 0.2) is 97.2 Å². The van der Waals surface area contributed by atoms with Gasteiger partial charge in [0.15, 0.2) is 0 Å². The highest BCUT2D eigenvalue weighted by molar-refractivity contribution is 6.41. The Morgan fingerprint density at radius 1 is 0.532 bits per heavy atom. The highest BCUT2D eigenvalue weighted by Gasteiger charge is 2.44. The topological polar surface area (TPSA) is 650 Å². The number of H-pyrrole nitrogens is 1. The van der Waals surface area contributed by atoms with Crippen molar-refractivity contribution in [1.29, 1.82) is 0 Å². The van der Waals surface area contributed by atoms with Gasteiger partial charge in [-0.1, -0.05) is 120 Å². The quantitative estimate of drug-likeness (QED) is 0.0220. The molecule has 764 valence electrons. The van der Waals surface area contributed by atoms with Gasteiger partial charge in [-0.2, -0.15) is 0 Å². The number of phenolic OH excluding ortho intramolecular Hbond substituents is 1. The Labute approximate surface area is 810 Å². The number of carbonyl (C=O) groups excluding carboxylic acids is 19. The predicted octanol–water partition coefficient (Wildman–Crippen LogP) is 1.13. The Morgan fingerprint density at radius 2 is 1.09 bits per heavy atom. The molecule has 41 heteroatoms. The number of carboxylic acid groups (broad SMARTS) is 1. The van der Waals surface area contributed by atoms with Crippen LogP contribution in [-0.2, 0) is 115 Å². The molecule has 1 aliphatic heterocycles. The lowest BCUT2D eigenvalue weighted by atomic mass is 9.89. The molecule has 23 N–H and O–H groups in total. The third-order valence-electron chi connectivity index (χ3n) is 24.1. The zero-order valence-corrected chi connectivity index (χ0v) is 82.4. The van der Waals surface area contributed by atoms with Gasteiger partial charge in [-0.15, -0.1) is 0 Å². The normalized spacial score (nSPS) is 21.8. The number of benzene rings is 3. The molecular formula is C98H144N18O23. The lowest BCUT2D eigenvalue weighted by Gasteiger charge is -2.34. The summed E-state index contributed by atoms with van der Waals surface area (Å²) in [6.07, 6.45) is 2.87. The lowest BCUT2D eigenvalue weighted by Crippen LogP contribution is -2.65. The largest absolute Gasteiger partial charge is 0.508 e. The molecule has 17 atom stereocenters. The van der Waals surface area contributed by atoms with E-state index in [1.807, 2.05) is 12.2 Å². The third kappa shape index (κ3) is 38.3. The molecule has 41 nitrogen and oxygen atoms in total. The maximum Gasteiger partial charge on any atom is 0.303 e. The Morgan fingerprint density at radius 3 is 1.67 bits per heavy atom. The number of nitrogens with two attached hydrogens (primary N) is 2. The first-order chi connectivity index (χ1) is 65.1. The monoisotopic (exact) mass is 1940 g/mol. The number of Topliss-reactive ketones (excluding diaryl/α,β-unsaturated/α-hetero) is 4. The van der Waals surface area contributed by atoms with E-state index in [0.717, 1.165) is 0 Å². The molecule has 139 heavy (non-hydrogen) atoms. The maximum atomic E-state index is 15.6. The van der Waals surface area contributed by atoms with E-state index in [-0.39, 0.29) is 82.0 Å². The zero-order valence-electron chi connectivity index (χ0n) is 82.4. The molecule has 0 aliphatic carbocycles. The van der Waals surface area contributed by atoms with E-state index >= 15 is 28.8 Å². The molecule has 1 aliphatic rings. The summed E-state index contributed by atoms with van der Waals surface area (Å²) in [5, 5.41) is 72.0. The van der Waals surface area contributed by atoms with Crippen molar-refractivity contribution in [2.75, 3.05) is 13.1 Å². The van der Waals surface area contributed by atoms with Crippen LogP contribution in [0.3, 0.4) is 0 Å². The lowest BCUT2D eigenvalue weighted by molar-refractivity contribution is -0.140. The molecule has 0 fully saturated rings. The van der Waals surface area contributed by atoms with Crippen molar-refractivity contribution in [3.8, 4) is 5.75 Å². The summed E-state index contributed by atoms with van der Waals surface area (Å²) in [6, 6.07) is 1.06. The SMILES string of the molecule is CC(=O)N[C@@H](CC(C)C)C(=O)N[C@H](C(=O)N[C@@H](Cc1ccccc1)C(=O)N[C@]1(C)CCCCCC/C=C/CCC[C@@](C)(C(=O)NC(C)C(=O)N[C@@H](C)C(=O)NC(C)C(=O)N[C@@H](C)C(=O)C(=O)[C@H](C)NCC(C)(C)C(N)=O)NC(=O)[C@H](CC(C)C)CN[C@@H](CCC(N)=O)C(=O)C(=O)C(C)NC(=O)[C@H](Cc2c[nH]c3ccccc23)NC(=O)C(Cc2ccc(O)cc2)NC(=O)[C@H](CCC(=O)O)NC1=O)[C@@H](C)O. The highest BCUT2D eigenvalue weighted by Crippen LogP contribution is 2.26. The Balaban J connectivity index is 1.58.